The van der Waals surface area contributed by atoms with Gasteiger partial charge in [0, 0.05) is 5.56 Å². The van der Waals surface area contributed by atoms with Gasteiger partial charge in [0.05, 0.1) is 18.9 Å². The molecule has 2 N–H and O–H groups in total. The van der Waals surface area contributed by atoms with Crippen molar-refractivity contribution >= 4 is 12.0 Å². The van der Waals surface area contributed by atoms with Gasteiger partial charge in [0.2, 0.25) is 0 Å². The van der Waals surface area contributed by atoms with E-state index in [1.165, 1.54) is 13.3 Å². The monoisotopic (exact) mass is 218 g/mol. The number of nitrogens with two attached hydrogens (primary N) is 1. The van der Waals surface area contributed by atoms with Crippen LogP contribution in [0.2, 0.25) is 0 Å². The van der Waals surface area contributed by atoms with E-state index in [2.05, 4.69) is 9.72 Å². The molecule has 0 amide bonds. The first-order valence-corrected chi connectivity index (χ1v) is 4.61. The van der Waals surface area contributed by atoms with Crippen molar-refractivity contribution in [2.24, 2.45) is 0 Å². The fourth-order valence-corrected chi connectivity index (χ4v) is 1.34. The summed E-state index contributed by atoms with van der Waals surface area (Å²) in [4.78, 5) is 15.1. The van der Waals surface area contributed by atoms with E-state index in [1.807, 2.05) is 0 Å². The molecule has 0 aliphatic heterocycles. The lowest BCUT2D eigenvalue weighted by Gasteiger charge is -2.00. The van der Waals surface area contributed by atoms with E-state index in [9.17, 15) is 4.79 Å². The number of hydrogen-bond acceptors (Lipinski definition) is 5. The Balaban J connectivity index is 2.39. The van der Waals surface area contributed by atoms with Crippen molar-refractivity contribution < 1.29 is 13.9 Å². The summed E-state index contributed by atoms with van der Waals surface area (Å²) in [6.45, 7) is 0. The van der Waals surface area contributed by atoms with Crippen molar-refractivity contribution in [1.82, 2.24) is 4.98 Å². The summed E-state index contributed by atoms with van der Waals surface area (Å²) < 4.78 is 9.77. The van der Waals surface area contributed by atoms with Gasteiger partial charge in [0.1, 0.15) is 0 Å². The Labute approximate surface area is 91.8 Å². The molecule has 0 saturated carbocycles. The number of esters is 1. The van der Waals surface area contributed by atoms with Gasteiger partial charge in [-0.1, -0.05) is 12.1 Å². The molecule has 0 spiro atoms. The Bertz CT molecular complexity index is 519. The normalized spacial score (nSPS) is 10.1. The van der Waals surface area contributed by atoms with Crippen molar-refractivity contribution in [3.05, 3.63) is 36.0 Å². The number of ether oxygens (including phenoxy) is 1. The molecule has 0 saturated heterocycles. The molecule has 5 nitrogen and oxygen atoms in total. The molecule has 0 unspecified atom stereocenters. The average molecular weight is 218 g/mol. The van der Waals surface area contributed by atoms with Crippen LogP contribution in [0.15, 0.2) is 34.9 Å². The highest BCUT2D eigenvalue weighted by Gasteiger charge is 2.09. The van der Waals surface area contributed by atoms with Gasteiger partial charge in [-0.05, 0) is 12.1 Å². The quantitative estimate of drug-likeness (QED) is 0.776. The lowest BCUT2D eigenvalue weighted by molar-refractivity contribution is 0.0601. The van der Waals surface area contributed by atoms with Crippen LogP contribution in [0.5, 0.6) is 0 Å². The van der Waals surface area contributed by atoms with Crippen molar-refractivity contribution in [2.75, 3.05) is 12.8 Å². The number of oxazole rings is 1. The van der Waals surface area contributed by atoms with Gasteiger partial charge in [0.25, 0.3) is 6.01 Å². The lowest BCUT2D eigenvalue weighted by atomic mass is 10.1. The lowest BCUT2D eigenvalue weighted by Crippen LogP contribution is -2.00. The van der Waals surface area contributed by atoms with Crippen LogP contribution in [-0.4, -0.2) is 18.1 Å². The smallest absolute Gasteiger partial charge is 0.337 e. The zero-order valence-corrected chi connectivity index (χ0v) is 8.64. The van der Waals surface area contributed by atoms with Gasteiger partial charge in [-0.2, -0.15) is 0 Å². The number of aromatic nitrogens is 1. The number of hydrogen-bond donors (Lipinski definition) is 1. The Hall–Kier alpha value is -2.30. The second kappa shape index (κ2) is 4.06. The molecule has 5 heteroatoms. The third-order valence-corrected chi connectivity index (χ3v) is 2.09. The van der Waals surface area contributed by atoms with E-state index >= 15 is 0 Å². The summed E-state index contributed by atoms with van der Waals surface area (Å²) >= 11 is 0. The third kappa shape index (κ3) is 1.88. The first-order valence-electron chi connectivity index (χ1n) is 4.61. The molecule has 0 atom stereocenters. The summed E-state index contributed by atoms with van der Waals surface area (Å²) in [7, 11) is 1.33. The Morgan fingerprint density at radius 3 is 2.94 bits per heavy atom. The van der Waals surface area contributed by atoms with Crippen LogP contribution >= 0.6 is 0 Å². The van der Waals surface area contributed by atoms with E-state index in [-0.39, 0.29) is 6.01 Å². The summed E-state index contributed by atoms with van der Waals surface area (Å²) in [6, 6.07) is 6.95. The highest BCUT2D eigenvalue weighted by Crippen LogP contribution is 2.22. The average Bonchev–Trinajstić information content (AvgIpc) is 2.75. The predicted octanol–water partition coefficient (Wildman–Crippen LogP) is 1.71. The standard InChI is InChI=1S/C11H10N2O3/c1-15-10(14)8-4-2-3-7(5-8)9-6-13-11(12)16-9/h2-6H,1H3,(H2,12,13). The van der Waals surface area contributed by atoms with Gasteiger partial charge in [-0.15, -0.1) is 0 Å². The molecular formula is C11H10N2O3. The number of methoxy groups -OCH3 is 1. The maximum atomic E-state index is 11.3. The van der Waals surface area contributed by atoms with Crippen LogP contribution in [0, 0.1) is 0 Å². The molecule has 0 radical (unpaired) electrons. The van der Waals surface area contributed by atoms with E-state index in [1.54, 1.807) is 24.3 Å². The fraction of sp³-hybridized carbons (Fsp3) is 0.0909. The van der Waals surface area contributed by atoms with Crippen molar-refractivity contribution in [1.29, 1.82) is 0 Å². The molecular weight excluding hydrogens is 208 g/mol. The molecule has 0 aliphatic rings. The van der Waals surface area contributed by atoms with Gasteiger partial charge < -0.3 is 14.9 Å². The van der Waals surface area contributed by atoms with Crippen LogP contribution in [0.4, 0.5) is 6.01 Å². The molecule has 16 heavy (non-hydrogen) atoms. The van der Waals surface area contributed by atoms with Crippen molar-refractivity contribution in [3.63, 3.8) is 0 Å². The van der Waals surface area contributed by atoms with E-state index in [0.717, 1.165) is 5.56 Å². The molecule has 2 aromatic rings. The zero-order valence-electron chi connectivity index (χ0n) is 8.64. The second-order valence-electron chi connectivity index (χ2n) is 3.14. The van der Waals surface area contributed by atoms with Crippen molar-refractivity contribution in [3.8, 4) is 11.3 Å². The van der Waals surface area contributed by atoms with Gasteiger partial charge in [-0.25, -0.2) is 9.78 Å². The molecule has 0 bridgehead atoms. The first-order chi connectivity index (χ1) is 7.70. The fourth-order valence-electron chi connectivity index (χ4n) is 1.34. The van der Waals surface area contributed by atoms with E-state index in [4.69, 9.17) is 10.2 Å². The predicted molar refractivity (Wildman–Crippen MR) is 57.7 cm³/mol. The van der Waals surface area contributed by atoms with E-state index < -0.39 is 5.97 Å². The minimum Gasteiger partial charge on any atom is -0.465 e. The molecule has 1 heterocycles. The first kappa shape index (κ1) is 10.2. The Morgan fingerprint density at radius 2 is 2.31 bits per heavy atom. The molecule has 0 fully saturated rings. The Kier molecular flexibility index (Phi) is 2.59. The zero-order chi connectivity index (χ0) is 11.5. The molecule has 0 aliphatic carbocycles. The van der Waals surface area contributed by atoms with Crippen LogP contribution in [-0.2, 0) is 4.74 Å². The number of anilines is 1. The van der Waals surface area contributed by atoms with E-state index in [0.29, 0.717) is 11.3 Å². The molecule has 82 valence electrons. The SMILES string of the molecule is COC(=O)c1cccc(-c2cnc(N)o2)c1. The topological polar surface area (TPSA) is 78.3 Å². The number of carbonyl (C=O) groups excluding carboxylic acids is 1. The van der Waals surface area contributed by atoms with Crippen LogP contribution in [0.1, 0.15) is 10.4 Å². The minimum absolute atomic E-state index is 0.0958. The Morgan fingerprint density at radius 1 is 1.50 bits per heavy atom. The summed E-state index contributed by atoms with van der Waals surface area (Å²) in [6.07, 6.45) is 1.51. The number of nitrogen functional groups attached to an aromatic ring is 1. The molecule has 2 rings (SSSR count). The summed E-state index contributed by atoms with van der Waals surface area (Å²) in [5, 5.41) is 0. The molecule has 1 aromatic carbocycles. The second-order valence-corrected chi connectivity index (χ2v) is 3.14. The summed E-state index contributed by atoms with van der Waals surface area (Å²) in [5.41, 5.74) is 6.55. The van der Waals surface area contributed by atoms with Crippen molar-refractivity contribution in [2.45, 2.75) is 0 Å². The molecule has 1 aromatic heterocycles. The van der Waals surface area contributed by atoms with Crippen LogP contribution < -0.4 is 5.73 Å². The number of benzene rings is 1. The number of rotatable bonds is 2. The van der Waals surface area contributed by atoms with Gasteiger partial charge >= 0.3 is 5.97 Å². The van der Waals surface area contributed by atoms with Gasteiger partial charge in [-0.3, -0.25) is 0 Å². The number of carbonyl (C=O) groups is 1. The maximum Gasteiger partial charge on any atom is 0.337 e. The highest BCUT2D eigenvalue weighted by molar-refractivity contribution is 5.90. The largest absolute Gasteiger partial charge is 0.465 e. The highest BCUT2D eigenvalue weighted by atomic mass is 16.5. The third-order valence-electron chi connectivity index (χ3n) is 2.09. The van der Waals surface area contributed by atoms with Crippen LogP contribution in [0.3, 0.4) is 0 Å². The summed E-state index contributed by atoms with van der Waals surface area (Å²) in [5.74, 6) is 0.123. The number of nitrogens with zero attached hydrogens (tertiary/aromatic N) is 1. The minimum atomic E-state index is -0.394. The van der Waals surface area contributed by atoms with Gasteiger partial charge in [0.15, 0.2) is 5.76 Å². The maximum absolute atomic E-state index is 11.3. The van der Waals surface area contributed by atoms with Crippen LogP contribution in [0.25, 0.3) is 11.3 Å².